The Hall–Kier alpha value is -2.28. The van der Waals surface area contributed by atoms with Gasteiger partial charge in [-0.15, -0.1) is 0 Å². The number of anilines is 1. The van der Waals surface area contributed by atoms with Crippen LogP contribution in [-0.2, 0) is 6.18 Å². The van der Waals surface area contributed by atoms with Crippen LogP contribution in [0.1, 0.15) is 21.6 Å². The van der Waals surface area contributed by atoms with Gasteiger partial charge in [0, 0.05) is 0 Å². The first-order valence-electron chi connectivity index (χ1n) is 5.76. The molecule has 3 N–H and O–H groups in total. The first kappa shape index (κ1) is 17.1. The van der Waals surface area contributed by atoms with Crippen molar-refractivity contribution in [2.24, 2.45) is 5.84 Å². The summed E-state index contributed by atoms with van der Waals surface area (Å²) in [6, 6.07) is 2.96. The van der Waals surface area contributed by atoms with Crippen LogP contribution in [0, 0.1) is 11.3 Å². The largest absolute Gasteiger partial charge is 0.416 e. The number of halogens is 5. The smallest absolute Gasteiger partial charge is 0.308 e. The highest BCUT2D eigenvalue weighted by Crippen LogP contribution is 2.38. The van der Waals surface area contributed by atoms with Crippen LogP contribution in [0.15, 0.2) is 12.1 Å². The third-order valence-corrected chi connectivity index (χ3v) is 3.41. The van der Waals surface area contributed by atoms with Gasteiger partial charge in [0.1, 0.15) is 11.8 Å². The van der Waals surface area contributed by atoms with Crippen molar-refractivity contribution in [3.05, 3.63) is 39.0 Å². The molecule has 1 heterocycles. The minimum atomic E-state index is -4.64. The predicted octanol–water partition coefficient (Wildman–Crippen LogP) is 3.17. The van der Waals surface area contributed by atoms with Crippen LogP contribution in [0.4, 0.5) is 19.0 Å². The maximum absolute atomic E-state index is 12.7. The number of aldehydes is 1. The fourth-order valence-electron chi connectivity index (χ4n) is 1.86. The van der Waals surface area contributed by atoms with E-state index in [-0.39, 0.29) is 32.8 Å². The second kappa shape index (κ2) is 6.08. The van der Waals surface area contributed by atoms with Crippen molar-refractivity contribution in [1.29, 1.82) is 5.26 Å². The van der Waals surface area contributed by atoms with Crippen molar-refractivity contribution >= 4 is 35.3 Å². The second-order valence-corrected chi connectivity index (χ2v) is 5.00. The summed E-state index contributed by atoms with van der Waals surface area (Å²) in [6.45, 7) is 0. The molecule has 2 rings (SSSR count). The number of nitrogen functional groups attached to an aromatic ring is 1. The summed E-state index contributed by atoms with van der Waals surface area (Å²) in [7, 11) is 0. The molecule has 0 saturated heterocycles. The van der Waals surface area contributed by atoms with E-state index in [1.807, 2.05) is 0 Å². The van der Waals surface area contributed by atoms with E-state index in [4.69, 9.17) is 34.3 Å². The maximum Gasteiger partial charge on any atom is 0.416 e. The van der Waals surface area contributed by atoms with E-state index in [0.29, 0.717) is 18.4 Å². The van der Waals surface area contributed by atoms with Gasteiger partial charge >= 0.3 is 6.18 Å². The quantitative estimate of drug-likeness (QED) is 0.495. The molecule has 120 valence electrons. The van der Waals surface area contributed by atoms with Gasteiger partial charge in [0.25, 0.3) is 0 Å². The molecule has 0 fully saturated rings. The van der Waals surface area contributed by atoms with Gasteiger partial charge < -0.3 is 5.43 Å². The molecule has 0 unspecified atom stereocenters. The van der Waals surface area contributed by atoms with Gasteiger partial charge in [-0.05, 0) is 12.1 Å². The van der Waals surface area contributed by atoms with Crippen molar-refractivity contribution in [3.63, 3.8) is 0 Å². The topological polar surface area (TPSA) is 96.7 Å². The zero-order chi connectivity index (χ0) is 17.4. The molecule has 0 aliphatic rings. The van der Waals surface area contributed by atoms with Crippen LogP contribution in [0.3, 0.4) is 0 Å². The molecule has 23 heavy (non-hydrogen) atoms. The average Bonchev–Trinajstić information content (AvgIpc) is 2.82. The van der Waals surface area contributed by atoms with E-state index in [2.05, 4.69) is 10.5 Å². The third kappa shape index (κ3) is 2.96. The normalized spacial score (nSPS) is 11.2. The fraction of sp³-hybridized carbons (Fsp3) is 0.0833. The molecule has 0 aliphatic heterocycles. The number of hydrazine groups is 1. The number of hydrogen-bond acceptors (Lipinski definition) is 5. The summed E-state index contributed by atoms with van der Waals surface area (Å²) in [4.78, 5) is 11.1. The fourth-order valence-corrected chi connectivity index (χ4v) is 2.50. The van der Waals surface area contributed by atoms with E-state index in [1.165, 1.54) is 0 Å². The van der Waals surface area contributed by atoms with Gasteiger partial charge in [-0.1, -0.05) is 23.2 Å². The second-order valence-electron chi connectivity index (χ2n) is 4.18. The molecule has 0 aliphatic carbocycles. The molecule has 0 bridgehead atoms. The molecular weight excluding hydrogens is 358 g/mol. The number of benzene rings is 1. The lowest BCUT2D eigenvalue weighted by Gasteiger charge is -2.14. The van der Waals surface area contributed by atoms with E-state index < -0.39 is 11.7 Å². The van der Waals surface area contributed by atoms with Crippen molar-refractivity contribution in [2.75, 3.05) is 5.43 Å². The number of nitrogens with one attached hydrogen (secondary N) is 1. The Morgan fingerprint density at radius 3 is 2.30 bits per heavy atom. The van der Waals surface area contributed by atoms with Gasteiger partial charge in [0.15, 0.2) is 17.8 Å². The predicted molar refractivity (Wildman–Crippen MR) is 76.5 cm³/mol. The summed E-state index contributed by atoms with van der Waals surface area (Å²) in [5.41, 5.74) is 0.468. The summed E-state index contributed by atoms with van der Waals surface area (Å²) in [5.74, 6) is 5.15. The number of hydrogen-bond donors (Lipinski definition) is 2. The van der Waals surface area contributed by atoms with E-state index in [0.717, 1.165) is 4.68 Å². The Morgan fingerprint density at radius 2 is 1.91 bits per heavy atom. The number of carbonyl (C=O) groups excluding carboxylic acids is 1. The number of nitrogens with zero attached hydrogens (tertiary/aromatic N) is 3. The summed E-state index contributed by atoms with van der Waals surface area (Å²) >= 11 is 11.7. The van der Waals surface area contributed by atoms with Crippen LogP contribution in [0.2, 0.25) is 10.0 Å². The van der Waals surface area contributed by atoms with Crippen molar-refractivity contribution < 1.29 is 18.0 Å². The Labute approximate surface area is 137 Å². The average molecular weight is 364 g/mol. The standard InChI is InChI=1S/C12H6Cl2F3N5O/c13-7-1-5(12(15,16)17)2-8(14)10(7)22-11(20-19)6(4-23)9(3-18)21-22/h1-2,4,20H,19H2. The molecule has 6 nitrogen and oxygen atoms in total. The number of rotatable bonds is 3. The van der Waals surface area contributed by atoms with Crippen molar-refractivity contribution in [3.8, 4) is 11.8 Å². The number of carbonyl (C=O) groups is 1. The number of aromatic nitrogens is 2. The van der Waals surface area contributed by atoms with E-state index in [9.17, 15) is 18.0 Å². The zero-order valence-corrected chi connectivity index (χ0v) is 12.5. The molecular formula is C12H6Cl2F3N5O. The molecule has 1 aromatic heterocycles. The lowest BCUT2D eigenvalue weighted by atomic mass is 10.2. The van der Waals surface area contributed by atoms with Gasteiger partial charge in [0.05, 0.1) is 21.2 Å². The maximum atomic E-state index is 12.7. The number of nitrogens with two attached hydrogens (primary N) is 1. The molecule has 11 heteroatoms. The molecule has 0 amide bonds. The summed E-state index contributed by atoms with van der Waals surface area (Å²) in [6.07, 6.45) is -4.32. The summed E-state index contributed by atoms with van der Waals surface area (Å²) in [5, 5.41) is 12.0. The van der Waals surface area contributed by atoms with Crippen LogP contribution >= 0.6 is 23.2 Å². The van der Waals surface area contributed by atoms with Crippen LogP contribution in [-0.4, -0.2) is 16.1 Å². The highest BCUT2D eigenvalue weighted by Gasteiger charge is 2.33. The van der Waals surface area contributed by atoms with Gasteiger partial charge in [-0.2, -0.15) is 23.5 Å². The molecule has 0 spiro atoms. The summed E-state index contributed by atoms with van der Waals surface area (Å²) < 4.78 is 39.1. The highest BCUT2D eigenvalue weighted by molar-refractivity contribution is 6.38. The lowest BCUT2D eigenvalue weighted by molar-refractivity contribution is -0.137. The Kier molecular flexibility index (Phi) is 4.51. The van der Waals surface area contributed by atoms with E-state index >= 15 is 0 Å². The van der Waals surface area contributed by atoms with Gasteiger partial charge in [-0.25, -0.2) is 10.5 Å². The first-order valence-corrected chi connectivity index (χ1v) is 6.51. The lowest BCUT2D eigenvalue weighted by Crippen LogP contribution is -2.14. The highest BCUT2D eigenvalue weighted by atomic mass is 35.5. The minimum absolute atomic E-state index is 0.139. The number of alkyl halides is 3. The monoisotopic (exact) mass is 363 g/mol. The van der Waals surface area contributed by atoms with Gasteiger partial charge in [-0.3, -0.25) is 4.79 Å². The van der Waals surface area contributed by atoms with Crippen molar-refractivity contribution in [1.82, 2.24) is 9.78 Å². The van der Waals surface area contributed by atoms with Crippen LogP contribution in [0.5, 0.6) is 0 Å². The SMILES string of the molecule is N#Cc1nn(-c2c(Cl)cc(C(F)(F)F)cc2Cl)c(NN)c1C=O. The zero-order valence-electron chi connectivity index (χ0n) is 10.9. The molecule has 1 aromatic carbocycles. The Bertz CT molecular complexity index is 802. The van der Waals surface area contributed by atoms with Gasteiger partial charge in [0.2, 0.25) is 0 Å². The van der Waals surface area contributed by atoms with Crippen LogP contribution in [0.25, 0.3) is 5.69 Å². The molecule has 0 saturated carbocycles. The van der Waals surface area contributed by atoms with Crippen molar-refractivity contribution in [2.45, 2.75) is 6.18 Å². The Morgan fingerprint density at radius 1 is 1.35 bits per heavy atom. The van der Waals surface area contributed by atoms with E-state index in [1.54, 1.807) is 6.07 Å². The Balaban J connectivity index is 2.76. The van der Waals surface area contributed by atoms with Crippen LogP contribution < -0.4 is 11.3 Å². The number of nitriles is 1. The molecule has 0 radical (unpaired) electrons. The minimum Gasteiger partial charge on any atom is -0.308 e. The molecule has 2 aromatic rings. The third-order valence-electron chi connectivity index (χ3n) is 2.84. The first-order chi connectivity index (χ1) is 10.7. The molecule has 0 atom stereocenters.